The van der Waals surface area contributed by atoms with Gasteiger partial charge in [0.05, 0.1) is 17.2 Å². The molecule has 0 aliphatic carbocycles. The van der Waals surface area contributed by atoms with Crippen molar-refractivity contribution >= 4 is 21.6 Å². The van der Waals surface area contributed by atoms with Gasteiger partial charge >= 0.3 is 0 Å². The number of halogens is 1. The molecule has 1 aliphatic rings. The number of hydrogen-bond donors (Lipinski definition) is 2. The van der Waals surface area contributed by atoms with Crippen molar-refractivity contribution in [3.8, 4) is 11.5 Å². The molecule has 8 nitrogen and oxygen atoms in total. The first kappa shape index (κ1) is 24.5. The number of amides is 1. The average Bonchev–Trinajstić information content (AvgIpc) is 3.31. The van der Waals surface area contributed by atoms with Gasteiger partial charge in [0.15, 0.2) is 11.5 Å². The van der Waals surface area contributed by atoms with E-state index in [0.717, 1.165) is 11.1 Å². The summed E-state index contributed by atoms with van der Waals surface area (Å²) in [6.45, 7) is 0.721. The van der Waals surface area contributed by atoms with Crippen LogP contribution in [0.3, 0.4) is 0 Å². The normalized spacial score (nSPS) is 12.4. The molecule has 0 fully saturated rings. The lowest BCUT2D eigenvalue weighted by atomic mass is 10.1. The Balaban J connectivity index is 1.17. The smallest absolute Gasteiger partial charge is 0.261 e. The summed E-state index contributed by atoms with van der Waals surface area (Å²) >= 11 is 0. The van der Waals surface area contributed by atoms with Crippen LogP contribution in [0.15, 0.2) is 71.6 Å². The van der Waals surface area contributed by atoms with Crippen molar-refractivity contribution in [3.63, 3.8) is 0 Å². The highest BCUT2D eigenvalue weighted by molar-refractivity contribution is 7.92. The highest BCUT2D eigenvalue weighted by atomic mass is 32.2. The van der Waals surface area contributed by atoms with Gasteiger partial charge in [0.2, 0.25) is 12.7 Å². The van der Waals surface area contributed by atoms with Gasteiger partial charge in [0.25, 0.3) is 10.0 Å². The van der Waals surface area contributed by atoms with Crippen molar-refractivity contribution in [2.45, 2.75) is 24.3 Å². The fourth-order valence-corrected chi connectivity index (χ4v) is 4.47. The van der Waals surface area contributed by atoms with E-state index >= 15 is 0 Å². The summed E-state index contributed by atoms with van der Waals surface area (Å²) in [6, 6.07) is 17.3. The van der Waals surface area contributed by atoms with E-state index in [1.807, 2.05) is 0 Å². The molecular weight excluding hydrogens is 475 g/mol. The standard InChI is InChI=1S/C25H25FN2O6S/c26-20-7-3-19(4-8-20)15-32-16-25(29)27-13-1-2-18-5-10-22(11-6-18)35(30,31)28-21-9-12-23-24(14-21)34-17-33-23/h3-12,14,28H,1-2,13,15-17H2,(H,27,29). The second kappa shape index (κ2) is 11.2. The van der Waals surface area contributed by atoms with Gasteiger partial charge in [-0.1, -0.05) is 24.3 Å². The number of sulfonamides is 1. The maximum Gasteiger partial charge on any atom is 0.261 e. The quantitative estimate of drug-likeness (QED) is 0.390. The van der Waals surface area contributed by atoms with Crippen LogP contribution < -0.4 is 19.5 Å². The van der Waals surface area contributed by atoms with E-state index in [-0.39, 0.29) is 36.6 Å². The Hall–Kier alpha value is -3.63. The molecule has 184 valence electrons. The summed E-state index contributed by atoms with van der Waals surface area (Å²) in [5, 5.41) is 2.78. The number of carbonyl (C=O) groups excluding carboxylic acids is 1. The number of aryl methyl sites for hydroxylation is 1. The van der Waals surface area contributed by atoms with Gasteiger partial charge in [-0.2, -0.15) is 0 Å². The zero-order valence-electron chi connectivity index (χ0n) is 18.8. The summed E-state index contributed by atoms with van der Waals surface area (Å²) in [5.74, 6) is 0.516. The zero-order chi connectivity index (χ0) is 24.7. The topological polar surface area (TPSA) is 103 Å². The molecule has 0 bridgehead atoms. The maximum absolute atomic E-state index is 12.9. The van der Waals surface area contributed by atoms with E-state index in [9.17, 15) is 17.6 Å². The number of anilines is 1. The molecule has 3 aromatic rings. The highest BCUT2D eigenvalue weighted by Crippen LogP contribution is 2.34. The van der Waals surface area contributed by atoms with E-state index in [1.54, 1.807) is 54.6 Å². The average molecular weight is 501 g/mol. The molecule has 4 rings (SSSR count). The first-order valence-electron chi connectivity index (χ1n) is 11.0. The summed E-state index contributed by atoms with van der Waals surface area (Å²) in [4.78, 5) is 12.0. The summed E-state index contributed by atoms with van der Waals surface area (Å²) < 4.78 is 56.6. The second-order valence-corrected chi connectivity index (χ2v) is 9.57. The van der Waals surface area contributed by atoms with Crippen molar-refractivity contribution in [1.29, 1.82) is 0 Å². The maximum atomic E-state index is 12.9. The van der Waals surface area contributed by atoms with Crippen LogP contribution in [-0.2, 0) is 32.6 Å². The molecule has 35 heavy (non-hydrogen) atoms. The Morgan fingerprint density at radius 2 is 1.66 bits per heavy atom. The molecule has 1 amide bonds. The van der Waals surface area contributed by atoms with Crippen molar-refractivity contribution in [2.75, 3.05) is 24.7 Å². The lowest BCUT2D eigenvalue weighted by Gasteiger charge is -2.10. The molecule has 0 aromatic heterocycles. The fraction of sp³-hybridized carbons (Fsp3) is 0.240. The number of carbonyl (C=O) groups is 1. The molecule has 3 aromatic carbocycles. The predicted octanol–water partition coefficient (Wildman–Crippen LogP) is 3.62. The lowest BCUT2D eigenvalue weighted by Crippen LogP contribution is -2.28. The summed E-state index contributed by atoms with van der Waals surface area (Å²) in [6.07, 6.45) is 1.36. The minimum absolute atomic E-state index is 0.0830. The van der Waals surface area contributed by atoms with Gasteiger partial charge in [-0.05, 0) is 60.4 Å². The lowest BCUT2D eigenvalue weighted by molar-refractivity contribution is -0.126. The molecule has 0 saturated heterocycles. The molecule has 10 heteroatoms. The minimum atomic E-state index is -3.75. The van der Waals surface area contributed by atoms with Crippen LogP contribution in [0.1, 0.15) is 17.5 Å². The molecule has 0 radical (unpaired) electrons. The third kappa shape index (κ3) is 6.93. The fourth-order valence-electron chi connectivity index (χ4n) is 3.42. The largest absolute Gasteiger partial charge is 0.454 e. The zero-order valence-corrected chi connectivity index (χ0v) is 19.6. The van der Waals surface area contributed by atoms with Crippen LogP contribution in [0.25, 0.3) is 0 Å². The molecule has 0 spiro atoms. The van der Waals surface area contributed by atoms with Crippen molar-refractivity contribution in [3.05, 3.63) is 83.7 Å². The van der Waals surface area contributed by atoms with E-state index in [1.165, 1.54) is 12.1 Å². The summed E-state index contributed by atoms with van der Waals surface area (Å²) in [5.41, 5.74) is 2.13. The van der Waals surface area contributed by atoms with Crippen LogP contribution in [0.5, 0.6) is 11.5 Å². The van der Waals surface area contributed by atoms with Gasteiger partial charge in [-0.15, -0.1) is 0 Å². The number of benzene rings is 3. The van der Waals surface area contributed by atoms with Crippen LogP contribution in [0, 0.1) is 5.82 Å². The first-order valence-corrected chi connectivity index (χ1v) is 12.5. The molecule has 0 unspecified atom stereocenters. The van der Waals surface area contributed by atoms with Gasteiger partial charge in [0, 0.05) is 12.6 Å². The van der Waals surface area contributed by atoms with Crippen LogP contribution in [0.2, 0.25) is 0 Å². The molecule has 2 N–H and O–H groups in total. The number of hydrogen-bond acceptors (Lipinski definition) is 6. The monoisotopic (exact) mass is 500 g/mol. The van der Waals surface area contributed by atoms with Gasteiger partial charge in [-0.25, -0.2) is 12.8 Å². The number of nitrogens with one attached hydrogen (secondary N) is 2. The third-order valence-corrected chi connectivity index (χ3v) is 6.64. The Bertz CT molecular complexity index is 1260. The number of ether oxygens (including phenoxy) is 3. The molecular formula is C25H25FN2O6S. The molecule has 1 heterocycles. The first-order chi connectivity index (χ1) is 16.9. The van der Waals surface area contributed by atoms with Crippen molar-refractivity contribution in [1.82, 2.24) is 5.32 Å². The number of rotatable bonds is 11. The van der Waals surface area contributed by atoms with E-state index in [2.05, 4.69) is 10.0 Å². The van der Waals surface area contributed by atoms with E-state index < -0.39 is 10.0 Å². The Morgan fingerprint density at radius 1 is 0.943 bits per heavy atom. The van der Waals surface area contributed by atoms with Crippen LogP contribution in [-0.4, -0.2) is 34.3 Å². The minimum Gasteiger partial charge on any atom is -0.454 e. The van der Waals surface area contributed by atoms with Crippen molar-refractivity contribution < 1.29 is 31.8 Å². The predicted molar refractivity (Wildman–Crippen MR) is 127 cm³/mol. The molecule has 0 saturated carbocycles. The van der Waals surface area contributed by atoms with Crippen LogP contribution >= 0.6 is 0 Å². The Labute approximate surface area is 203 Å². The Kier molecular flexibility index (Phi) is 7.84. The van der Waals surface area contributed by atoms with Gasteiger partial charge in [0.1, 0.15) is 12.4 Å². The Morgan fingerprint density at radius 3 is 2.43 bits per heavy atom. The third-order valence-electron chi connectivity index (χ3n) is 5.24. The number of fused-ring (bicyclic) bond motifs is 1. The molecule has 0 atom stereocenters. The van der Waals surface area contributed by atoms with Crippen molar-refractivity contribution in [2.24, 2.45) is 0 Å². The summed E-state index contributed by atoms with van der Waals surface area (Å²) in [7, 11) is -3.75. The van der Waals surface area contributed by atoms with E-state index in [4.69, 9.17) is 14.2 Å². The molecule has 1 aliphatic heterocycles. The van der Waals surface area contributed by atoms with Gasteiger partial charge in [-0.3, -0.25) is 9.52 Å². The highest BCUT2D eigenvalue weighted by Gasteiger charge is 2.18. The van der Waals surface area contributed by atoms with Gasteiger partial charge < -0.3 is 19.5 Å². The second-order valence-electron chi connectivity index (χ2n) is 7.89. The SMILES string of the molecule is O=C(COCc1ccc(F)cc1)NCCCc1ccc(S(=O)(=O)Nc2ccc3c(c2)OCO3)cc1. The van der Waals surface area contributed by atoms with Crippen LogP contribution in [0.4, 0.5) is 10.1 Å². The van der Waals surface area contributed by atoms with E-state index in [0.29, 0.717) is 36.6 Å².